The summed E-state index contributed by atoms with van der Waals surface area (Å²) in [6, 6.07) is 1.35. The van der Waals surface area contributed by atoms with Gasteiger partial charge in [-0.3, -0.25) is 9.89 Å². The van der Waals surface area contributed by atoms with E-state index in [1.54, 1.807) is 0 Å². The first-order valence-electron chi connectivity index (χ1n) is 4.45. The van der Waals surface area contributed by atoms with Gasteiger partial charge in [-0.2, -0.15) is 5.10 Å². The zero-order valence-corrected chi connectivity index (χ0v) is 11.4. The third-order valence-electron chi connectivity index (χ3n) is 2.17. The van der Waals surface area contributed by atoms with E-state index in [1.807, 2.05) is 0 Å². The molecular formula is C10H6Br2N2O3. The standard InChI is InChI=1S/C10H6Br2N2O3/c11-6-1-5(9(16)7(12)10(6)17)8(15)4-2-13-14-3-4/h1-3,16-17H,(H,13,14). The molecule has 0 aliphatic carbocycles. The first-order valence-corrected chi connectivity index (χ1v) is 6.04. The van der Waals surface area contributed by atoms with Gasteiger partial charge in [0.1, 0.15) is 16.0 Å². The molecule has 1 aromatic carbocycles. The molecule has 0 aliphatic rings. The lowest BCUT2D eigenvalue weighted by Crippen LogP contribution is -2.01. The van der Waals surface area contributed by atoms with Crippen molar-refractivity contribution in [3.05, 3.63) is 38.5 Å². The number of aromatic hydroxyl groups is 2. The Balaban J connectivity index is 2.57. The second-order valence-corrected chi connectivity index (χ2v) is 4.88. The molecule has 0 aliphatic heterocycles. The number of phenols is 2. The van der Waals surface area contributed by atoms with Crippen molar-refractivity contribution in [2.24, 2.45) is 0 Å². The minimum absolute atomic E-state index is 0.0683. The maximum Gasteiger partial charge on any atom is 0.199 e. The Morgan fingerprint density at radius 1 is 1.29 bits per heavy atom. The molecule has 1 aromatic heterocycles. The van der Waals surface area contributed by atoms with Gasteiger partial charge in [0.05, 0.1) is 21.8 Å². The lowest BCUT2D eigenvalue weighted by molar-refractivity contribution is 0.103. The van der Waals surface area contributed by atoms with Gasteiger partial charge in [0.2, 0.25) is 0 Å². The number of ketones is 1. The molecule has 17 heavy (non-hydrogen) atoms. The highest BCUT2D eigenvalue weighted by Crippen LogP contribution is 2.41. The van der Waals surface area contributed by atoms with Crippen LogP contribution < -0.4 is 0 Å². The second kappa shape index (κ2) is 4.50. The van der Waals surface area contributed by atoms with Gasteiger partial charge in [0.15, 0.2) is 5.78 Å². The molecule has 0 spiro atoms. The summed E-state index contributed by atoms with van der Waals surface area (Å²) in [5.41, 5.74) is 0.396. The van der Waals surface area contributed by atoms with Crippen molar-refractivity contribution >= 4 is 37.6 Å². The quantitative estimate of drug-likeness (QED) is 0.717. The first-order chi connectivity index (χ1) is 8.02. The Labute approximate surface area is 113 Å². The molecule has 0 radical (unpaired) electrons. The maximum absolute atomic E-state index is 12.0. The number of H-pyrrole nitrogens is 1. The van der Waals surface area contributed by atoms with Crippen LogP contribution in [0.2, 0.25) is 0 Å². The van der Waals surface area contributed by atoms with Crippen LogP contribution in [0.3, 0.4) is 0 Å². The van der Waals surface area contributed by atoms with Gasteiger partial charge in [0, 0.05) is 6.20 Å². The zero-order valence-electron chi connectivity index (χ0n) is 8.24. The van der Waals surface area contributed by atoms with Crippen LogP contribution in [-0.4, -0.2) is 26.2 Å². The van der Waals surface area contributed by atoms with E-state index < -0.39 is 5.78 Å². The van der Waals surface area contributed by atoms with Gasteiger partial charge in [-0.25, -0.2) is 0 Å². The van der Waals surface area contributed by atoms with Crippen LogP contribution in [0.25, 0.3) is 0 Å². The Bertz CT molecular complexity index is 582. The number of carbonyl (C=O) groups excluding carboxylic acids is 1. The number of nitrogens with zero attached hydrogens (tertiary/aromatic N) is 1. The summed E-state index contributed by atoms with van der Waals surface area (Å²) in [5, 5.41) is 25.5. The molecule has 0 bridgehead atoms. The van der Waals surface area contributed by atoms with Crippen molar-refractivity contribution < 1.29 is 15.0 Å². The number of aromatic nitrogens is 2. The Hall–Kier alpha value is -1.34. The normalized spacial score (nSPS) is 10.5. The molecule has 5 nitrogen and oxygen atoms in total. The van der Waals surface area contributed by atoms with E-state index in [1.165, 1.54) is 18.5 Å². The SMILES string of the molecule is O=C(c1cn[nH]c1)c1cc(Br)c(O)c(Br)c1O. The van der Waals surface area contributed by atoms with Crippen molar-refractivity contribution in [2.75, 3.05) is 0 Å². The molecule has 0 saturated heterocycles. The van der Waals surface area contributed by atoms with E-state index >= 15 is 0 Å². The summed E-state index contributed by atoms with van der Waals surface area (Å²) in [4.78, 5) is 12.0. The van der Waals surface area contributed by atoms with Gasteiger partial charge < -0.3 is 10.2 Å². The van der Waals surface area contributed by atoms with Gasteiger partial charge in [-0.15, -0.1) is 0 Å². The molecule has 0 saturated carbocycles. The summed E-state index contributed by atoms with van der Waals surface area (Å²) in [6.07, 6.45) is 2.78. The van der Waals surface area contributed by atoms with Crippen molar-refractivity contribution in [3.63, 3.8) is 0 Å². The van der Waals surface area contributed by atoms with Crippen LogP contribution >= 0.6 is 31.9 Å². The molecule has 2 aromatic rings. The summed E-state index contributed by atoms with van der Waals surface area (Å²) in [5.74, 6) is -0.860. The number of carbonyl (C=O) groups is 1. The number of benzene rings is 1. The van der Waals surface area contributed by atoms with Crippen LogP contribution in [0.1, 0.15) is 15.9 Å². The summed E-state index contributed by atoms with van der Waals surface area (Å²) < 4.78 is 0.382. The molecule has 0 atom stereocenters. The van der Waals surface area contributed by atoms with Crippen molar-refractivity contribution in [1.82, 2.24) is 10.2 Å². The van der Waals surface area contributed by atoms with E-state index in [9.17, 15) is 15.0 Å². The monoisotopic (exact) mass is 360 g/mol. The Morgan fingerprint density at radius 2 is 2.00 bits per heavy atom. The van der Waals surface area contributed by atoms with E-state index in [0.29, 0.717) is 10.0 Å². The number of phenolic OH excluding ortho intramolecular Hbond substituents is 2. The lowest BCUT2D eigenvalue weighted by atomic mass is 10.1. The first kappa shape index (κ1) is 12.1. The smallest absolute Gasteiger partial charge is 0.199 e. The predicted molar refractivity (Wildman–Crippen MR) is 67.2 cm³/mol. The number of halogens is 2. The topological polar surface area (TPSA) is 86.2 Å². The third kappa shape index (κ3) is 2.07. The van der Waals surface area contributed by atoms with E-state index in [2.05, 4.69) is 42.1 Å². The maximum atomic E-state index is 12.0. The van der Waals surface area contributed by atoms with Crippen molar-refractivity contribution in [2.45, 2.75) is 0 Å². The van der Waals surface area contributed by atoms with Crippen LogP contribution in [-0.2, 0) is 0 Å². The van der Waals surface area contributed by atoms with Crippen LogP contribution in [0.15, 0.2) is 27.4 Å². The minimum atomic E-state index is -0.391. The lowest BCUT2D eigenvalue weighted by Gasteiger charge is -2.07. The summed E-state index contributed by atoms with van der Waals surface area (Å²) in [7, 11) is 0. The van der Waals surface area contributed by atoms with Gasteiger partial charge in [-0.1, -0.05) is 0 Å². The van der Waals surface area contributed by atoms with Crippen LogP contribution in [0, 0.1) is 0 Å². The predicted octanol–water partition coefficient (Wildman–Crippen LogP) is 2.58. The van der Waals surface area contributed by atoms with E-state index in [0.717, 1.165) is 0 Å². The number of hydrogen-bond donors (Lipinski definition) is 3. The molecular weight excluding hydrogens is 356 g/mol. The van der Waals surface area contributed by atoms with E-state index in [-0.39, 0.29) is 21.5 Å². The van der Waals surface area contributed by atoms with Crippen molar-refractivity contribution in [1.29, 1.82) is 0 Å². The molecule has 2 rings (SSSR count). The number of nitrogens with one attached hydrogen (secondary N) is 1. The average molecular weight is 362 g/mol. The van der Waals surface area contributed by atoms with Crippen LogP contribution in [0.5, 0.6) is 11.5 Å². The second-order valence-electron chi connectivity index (χ2n) is 3.23. The summed E-state index contributed by atoms with van der Waals surface area (Å²) in [6.45, 7) is 0. The highest BCUT2D eigenvalue weighted by Gasteiger charge is 2.20. The van der Waals surface area contributed by atoms with Gasteiger partial charge in [0.25, 0.3) is 0 Å². The fourth-order valence-corrected chi connectivity index (χ4v) is 2.42. The summed E-state index contributed by atoms with van der Waals surface area (Å²) >= 11 is 6.10. The fraction of sp³-hybridized carbons (Fsp3) is 0. The largest absolute Gasteiger partial charge is 0.506 e. The number of hydrogen-bond acceptors (Lipinski definition) is 4. The number of aromatic amines is 1. The minimum Gasteiger partial charge on any atom is -0.506 e. The average Bonchev–Trinajstić information content (AvgIpc) is 2.84. The Morgan fingerprint density at radius 3 is 2.59 bits per heavy atom. The van der Waals surface area contributed by atoms with E-state index in [4.69, 9.17) is 0 Å². The molecule has 7 heteroatoms. The Kier molecular flexibility index (Phi) is 3.21. The zero-order chi connectivity index (χ0) is 12.6. The molecule has 3 N–H and O–H groups in total. The molecule has 0 unspecified atom stereocenters. The molecule has 0 amide bonds. The van der Waals surface area contributed by atoms with Crippen LogP contribution in [0.4, 0.5) is 0 Å². The molecule has 1 heterocycles. The number of rotatable bonds is 2. The highest BCUT2D eigenvalue weighted by atomic mass is 79.9. The van der Waals surface area contributed by atoms with Crippen molar-refractivity contribution in [3.8, 4) is 11.5 Å². The molecule has 0 fully saturated rings. The fourth-order valence-electron chi connectivity index (χ4n) is 1.30. The van der Waals surface area contributed by atoms with Gasteiger partial charge >= 0.3 is 0 Å². The third-order valence-corrected chi connectivity index (χ3v) is 3.53. The molecule has 88 valence electrons. The highest BCUT2D eigenvalue weighted by molar-refractivity contribution is 9.11. The van der Waals surface area contributed by atoms with Gasteiger partial charge in [-0.05, 0) is 37.9 Å².